The van der Waals surface area contributed by atoms with Crippen LogP contribution in [0, 0.1) is 34.5 Å². The van der Waals surface area contributed by atoms with Crippen molar-refractivity contribution in [1.82, 2.24) is 19.5 Å². The Kier molecular flexibility index (Phi) is 12.4. The minimum absolute atomic E-state index is 0.0421. The van der Waals surface area contributed by atoms with Crippen molar-refractivity contribution in [3.05, 3.63) is 54.6 Å². The third-order valence-electron chi connectivity index (χ3n) is 17.2. The van der Waals surface area contributed by atoms with Gasteiger partial charge in [0.25, 0.3) is 0 Å². The number of aromatic nitrogens is 1. The number of rotatable bonds is 12. The van der Waals surface area contributed by atoms with Gasteiger partial charge in [-0.3, -0.25) is 28.8 Å². The number of hydrogen-bond acceptors (Lipinski definition) is 11. The van der Waals surface area contributed by atoms with Crippen molar-refractivity contribution >= 4 is 44.5 Å². The Morgan fingerprint density at radius 3 is 2.47 bits per heavy atom. The summed E-state index contributed by atoms with van der Waals surface area (Å²) in [7, 11) is -3.96. The standard InChI is InChI=1S/C52H68N4O9S/c1-3-36-29-52(36,49(60)54-66(61,62)50(2)23-24-50)30-43(57)42-27-37-31-56(42)48(59)40(34-13-7-8-14-34)28-45(58)65-44-20-11-16-35(44)15-5-4-6-18-39-46(38-17-9-10-19-41(38)53-47(39)64-37)63-26-25-55-32-51(33-55)21-12-22-51/h3-4,6,9-10,17,19,34-37,40,42,44H,1,5,7-8,11-16,18,20-33H2,2H3,(H,54,60)/b6-4+/t35-,36?,37-,40+,42+,44-,52-/m1/s1. The maximum Gasteiger partial charge on any atom is 0.306 e. The minimum Gasteiger partial charge on any atom is -0.491 e. The second-order valence-corrected chi connectivity index (χ2v) is 23.9. The van der Waals surface area contributed by atoms with Crippen molar-refractivity contribution in [3.63, 3.8) is 0 Å². The average Bonchev–Trinajstić information content (AvgIpc) is 3.89. The topological polar surface area (TPSA) is 162 Å². The molecule has 1 N–H and O–H groups in total. The van der Waals surface area contributed by atoms with E-state index in [4.69, 9.17) is 19.2 Å². The molecule has 66 heavy (non-hydrogen) atoms. The van der Waals surface area contributed by atoms with E-state index >= 15 is 4.79 Å². The van der Waals surface area contributed by atoms with Gasteiger partial charge in [-0.15, -0.1) is 6.58 Å². The van der Waals surface area contributed by atoms with Crippen LogP contribution in [0.3, 0.4) is 0 Å². The maximum absolute atomic E-state index is 15.2. The molecule has 2 bridgehead atoms. The molecule has 1 spiro atoms. The number of benzene rings is 1. The van der Waals surface area contributed by atoms with E-state index in [1.54, 1.807) is 17.9 Å². The molecule has 2 aromatic rings. The normalized spacial score (nSPS) is 32.4. The van der Waals surface area contributed by atoms with Crippen LogP contribution in [0.5, 0.6) is 11.6 Å². The lowest BCUT2D eigenvalue weighted by Crippen LogP contribution is -2.60. The lowest BCUT2D eigenvalue weighted by molar-refractivity contribution is -0.156. The number of allylic oxidation sites excluding steroid dienone is 3. The summed E-state index contributed by atoms with van der Waals surface area (Å²) >= 11 is 0. The third kappa shape index (κ3) is 8.82. The summed E-state index contributed by atoms with van der Waals surface area (Å²) in [5, 5.41) is 0.892. The molecule has 8 aliphatic rings. The molecule has 13 nitrogen and oxygen atoms in total. The van der Waals surface area contributed by atoms with Crippen molar-refractivity contribution in [1.29, 1.82) is 0 Å². The Balaban J connectivity index is 0.982. The Morgan fingerprint density at radius 2 is 1.74 bits per heavy atom. The van der Waals surface area contributed by atoms with Gasteiger partial charge in [-0.1, -0.05) is 49.6 Å². The van der Waals surface area contributed by atoms with Gasteiger partial charge in [-0.25, -0.2) is 13.4 Å². The van der Waals surface area contributed by atoms with E-state index in [2.05, 4.69) is 28.4 Å². The Hall–Kier alpha value is -4.30. The van der Waals surface area contributed by atoms with Crippen LogP contribution < -0.4 is 14.2 Å². The highest BCUT2D eigenvalue weighted by Gasteiger charge is 2.62. The van der Waals surface area contributed by atoms with E-state index < -0.39 is 50.1 Å². The van der Waals surface area contributed by atoms with Crippen LogP contribution in [0.25, 0.3) is 10.9 Å². The molecule has 4 heterocycles. The van der Waals surface area contributed by atoms with Crippen LogP contribution in [0.4, 0.5) is 0 Å². The van der Waals surface area contributed by atoms with Crippen LogP contribution in [0.15, 0.2) is 49.1 Å². The molecule has 2 saturated heterocycles. The lowest BCUT2D eigenvalue weighted by Gasteiger charge is -2.56. The van der Waals surface area contributed by atoms with Crippen molar-refractivity contribution in [2.45, 2.75) is 152 Å². The van der Waals surface area contributed by atoms with Gasteiger partial charge in [-0.05, 0) is 126 Å². The highest BCUT2D eigenvalue weighted by molar-refractivity contribution is 7.91. The van der Waals surface area contributed by atoms with Crippen LogP contribution in [0.2, 0.25) is 0 Å². The number of pyridine rings is 1. The summed E-state index contributed by atoms with van der Waals surface area (Å²) < 4.78 is 47.9. The second-order valence-electron chi connectivity index (χ2n) is 21.7. The molecule has 2 amide bonds. The van der Waals surface area contributed by atoms with Gasteiger partial charge < -0.3 is 19.1 Å². The fraction of sp³-hybridized carbons (Fsp3) is 0.673. The van der Waals surface area contributed by atoms with E-state index in [0.717, 1.165) is 94.1 Å². The van der Waals surface area contributed by atoms with E-state index in [0.29, 0.717) is 42.7 Å². The maximum atomic E-state index is 15.2. The first-order valence-electron chi connectivity index (χ1n) is 25.1. The van der Waals surface area contributed by atoms with E-state index in [-0.39, 0.29) is 67.8 Å². The molecule has 5 aliphatic carbocycles. The number of nitrogens with zero attached hydrogens (tertiary/aromatic N) is 3. The van der Waals surface area contributed by atoms with Crippen molar-refractivity contribution < 1.29 is 41.8 Å². The molecule has 1 unspecified atom stereocenters. The summed E-state index contributed by atoms with van der Waals surface area (Å²) in [4.78, 5) is 67.3. The number of esters is 1. The number of ketones is 1. The minimum atomic E-state index is -3.96. The molecule has 356 valence electrons. The van der Waals surface area contributed by atoms with Crippen molar-refractivity contribution in [3.8, 4) is 11.6 Å². The molecule has 7 atom stereocenters. The number of para-hydroxylation sites is 1. The first-order chi connectivity index (χ1) is 31.8. The van der Waals surface area contributed by atoms with Crippen molar-refractivity contribution in [2.75, 3.05) is 32.8 Å². The van der Waals surface area contributed by atoms with Gasteiger partial charge in [0.15, 0.2) is 5.78 Å². The largest absolute Gasteiger partial charge is 0.491 e. The molecule has 10 rings (SSSR count). The predicted molar refractivity (Wildman–Crippen MR) is 249 cm³/mol. The van der Waals surface area contributed by atoms with Gasteiger partial charge >= 0.3 is 5.97 Å². The summed E-state index contributed by atoms with van der Waals surface area (Å²) in [6.07, 6.45) is 18.5. The molecule has 0 radical (unpaired) electrons. The van der Waals surface area contributed by atoms with E-state index in [1.165, 1.54) is 19.3 Å². The number of hydrogen-bond donors (Lipinski definition) is 1. The van der Waals surface area contributed by atoms with Gasteiger partial charge in [-0.2, -0.15) is 0 Å². The number of carbonyl (C=O) groups is 4. The Labute approximate surface area is 389 Å². The fourth-order valence-electron chi connectivity index (χ4n) is 12.5. The zero-order chi connectivity index (χ0) is 45.8. The van der Waals surface area contributed by atoms with E-state index in [9.17, 15) is 22.8 Å². The summed E-state index contributed by atoms with van der Waals surface area (Å²) in [5.41, 5.74) is 0.735. The van der Waals surface area contributed by atoms with Crippen LogP contribution in [0.1, 0.15) is 128 Å². The molecule has 3 aliphatic heterocycles. The third-order valence-corrected chi connectivity index (χ3v) is 19.4. The van der Waals surface area contributed by atoms with Crippen LogP contribution >= 0.6 is 0 Å². The monoisotopic (exact) mass is 924 g/mol. The fourth-order valence-corrected chi connectivity index (χ4v) is 13.8. The quantitative estimate of drug-likeness (QED) is 0.167. The number of Topliss-reactive ketones (excluding diaryl/α,β-unsaturated/α-hetero) is 1. The van der Waals surface area contributed by atoms with Gasteiger partial charge in [0.1, 0.15) is 24.6 Å². The highest BCUT2D eigenvalue weighted by Crippen LogP contribution is 2.57. The second kappa shape index (κ2) is 18.0. The van der Waals surface area contributed by atoms with Crippen LogP contribution in [-0.2, 0) is 40.4 Å². The Bertz CT molecular complexity index is 2380. The summed E-state index contributed by atoms with van der Waals surface area (Å²) in [5.74, 6) is -1.46. The summed E-state index contributed by atoms with van der Waals surface area (Å²) in [6, 6.07) is 6.93. The number of nitrogens with one attached hydrogen (secondary N) is 1. The number of likely N-dealkylation sites (tertiary alicyclic amines) is 1. The molecular weight excluding hydrogens is 857 g/mol. The van der Waals surface area contributed by atoms with Crippen LogP contribution in [-0.4, -0.2) is 103 Å². The number of carbonyl (C=O) groups excluding carboxylic acids is 4. The zero-order valence-corrected chi connectivity index (χ0v) is 39.5. The number of sulfonamides is 1. The first-order valence-corrected chi connectivity index (χ1v) is 26.6. The molecule has 1 aromatic carbocycles. The van der Waals surface area contributed by atoms with Gasteiger partial charge in [0, 0.05) is 37.9 Å². The summed E-state index contributed by atoms with van der Waals surface area (Å²) in [6.45, 7) is 9.18. The van der Waals surface area contributed by atoms with Gasteiger partial charge in [0.05, 0.1) is 46.2 Å². The highest BCUT2D eigenvalue weighted by atomic mass is 32.2. The smallest absolute Gasteiger partial charge is 0.306 e. The number of fused-ring (bicyclic) bond motifs is 5. The molecule has 1 aromatic heterocycles. The van der Waals surface area contributed by atoms with Crippen molar-refractivity contribution in [2.24, 2.45) is 34.5 Å². The SMILES string of the molecule is C=CC1C[C@]1(CC(=O)[C@@H]1C[C@@H]2CN1C(=O)[C@H](C1CCCC1)CC(=O)O[C@@H]1CCC[C@H]1CC/C=C/Cc1c(nc3ccccc3c1OCCN1CC3(CCC3)C1)O2)C(=O)NS(=O)(=O)C1(C)CC1. The molecular formula is C52H68N4O9S. The molecule has 5 saturated carbocycles. The van der Waals surface area contributed by atoms with E-state index in [1.807, 2.05) is 24.3 Å². The lowest BCUT2D eigenvalue weighted by atomic mass is 9.63. The number of amides is 2. The molecule has 14 heteroatoms. The Morgan fingerprint density at radius 1 is 0.970 bits per heavy atom. The predicted octanol–water partition coefficient (Wildman–Crippen LogP) is 7.40. The number of ether oxygens (including phenoxy) is 3. The van der Waals surface area contributed by atoms with Gasteiger partial charge in [0.2, 0.25) is 27.7 Å². The molecule has 7 fully saturated rings. The first kappa shape index (κ1) is 45.5. The average molecular weight is 925 g/mol. The zero-order valence-electron chi connectivity index (χ0n) is 38.7.